The van der Waals surface area contributed by atoms with Crippen LogP contribution in [0.2, 0.25) is 10.0 Å². The summed E-state index contributed by atoms with van der Waals surface area (Å²) in [5.74, 6) is 0. The highest BCUT2D eigenvalue weighted by Gasteiger charge is 2.12. The third-order valence-electron chi connectivity index (χ3n) is 2.20. The molecule has 0 unspecified atom stereocenters. The lowest BCUT2D eigenvalue weighted by atomic mass is 10.0. The van der Waals surface area contributed by atoms with Gasteiger partial charge in [0.05, 0.1) is 6.04 Å². The van der Waals surface area contributed by atoms with Crippen molar-refractivity contribution in [3.63, 3.8) is 0 Å². The number of halogens is 3. The number of rotatable bonds is 2. The molecular weight excluding hydrogens is 285 g/mol. The number of hydrogen-bond acceptors (Lipinski definition) is 2. The van der Waals surface area contributed by atoms with E-state index in [1.165, 1.54) is 0 Å². The van der Waals surface area contributed by atoms with Crippen LogP contribution >= 0.6 is 46.9 Å². The molecule has 1 aromatic heterocycles. The molecule has 0 aliphatic rings. The molecule has 0 bridgehead atoms. The fourth-order valence-corrected chi connectivity index (χ4v) is 2.61. The van der Waals surface area contributed by atoms with Crippen molar-refractivity contribution in [2.24, 2.45) is 5.73 Å². The van der Waals surface area contributed by atoms with Crippen molar-refractivity contribution in [2.45, 2.75) is 6.04 Å². The van der Waals surface area contributed by atoms with Crippen LogP contribution in [0.3, 0.4) is 0 Å². The second-order valence-corrected chi connectivity index (χ2v) is 4.82. The molecule has 1 nitrogen and oxygen atoms in total. The number of thiophene rings is 1. The lowest BCUT2D eigenvalue weighted by Gasteiger charge is -2.12. The molecule has 16 heavy (non-hydrogen) atoms. The first-order valence-electron chi connectivity index (χ1n) is 4.41. The highest BCUT2D eigenvalue weighted by Crippen LogP contribution is 2.29. The summed E-state index contributed by atoms with van der Waals surface area (Å²) in [4.78, 5) is 0. The number of benzene rings is 1. The van der Waals surface area contributed by atoms with Gasteiger partial charge in [-0.05, 0) is 40.1 Å². The van der Waals surface area contributed by atoms with E-state index in [-0.39, 0.29) is 18.4 Å². The van der Waals surface area contributed by atoms with Crippen molar-refractivity contribution in [1.82, 2.24) is 0 Å². The standard InChI is InChI=1S/C11H9Cl2NS.ClH/c12-8-1-2-9(10(13)5-8)11(14)7-3-4-15-6-7;/h1-6,11H,14H2;1H/t11-;/m0./s1. The summed E-state index contributed by atoms with van der Waals surface area (Å²) < 4.78 is 0. The molecule has 1 heterocycles. The Labute approximate surface area is 115 Å². The highest BCUT2D eigenvalue weighted by molar-refractivity contribution is 7.08. The minimum absolute atomic E-state index is 0. The molecular formula is C11H10Cl3NS. The van der Waals surface area contributed by atoms with Crippen LogP contribution in [0, 0.1) is 0 Å². The summed E-state index contributed by atoms with van der Waals surface area (Å²) in [6.07, 6.45) is 0. The Morgan fingerprint density at radius 2 is 1.94 bits per heavy atom. The summed E-state index contributed by atoms with van der Waals surface area (Å²) in [7, 11) is 0. The predicted octanol–water partition coefficient (Wildman–Crippen LogP) is 4.52. The Balaban J connectivity index is 0.00000128. The Morgan fingerprint density at radius 1 is 1.19 bits per heavy atom. The summed E-state index contributed by atoms with van der Waals surface area (Å²) in [5.41, 5.74) is 8.07. The summed E-state index contributed by atoms with van der Waals surface area (Å²) in [5, 5.41) is 5.26. The van der Waals surface area contributed by atoms with Gasteiger partial charge in [0, 0.05) is 10.0 Å². The number of nitrogens with two attached hydrogens (primary N) is 1. The zero-order valence-electron chi connectivity index (χ0n) is 8.19. The second kappa shape index (κ2) is 5.89. The van der Waals surface area contributed by atoms with Crippen molar-refractivity contribution in [1.29, 1.82) is 0 Å². The van der Waals surface area contributed by atoms with Crippen molar-refractivity contribution >= 4 is 46.9 Å². The van der Waals surface area contributed by atoms with Crippen molar-refractivity contribution in [2.75, 3.05) is 0 Å². The molecule has 1 aromatic carbocycles. The van der Waals surface area contributed by atoms with Gasteiger partial charge in [0.1, 0.15) is 0 Å². The average Bonchev–Trinajstić information content (AvgIpc) is 2.69. The molecule has 0 aliphatic carbocycles. The van der Waals surface area contributed by atoms with Crippen LogP contribution in [0.4, 0.5) is 0 Å². The third-order valence-corrected chi connectivity index (χ3v) is 3.46. The SMILES string of the molecule is Cl.N[C@@H](c1ccsc1)c1ccc(Cl)cc1Cl. The van der Waals surface area contributed by atoms with Crippen LogP contribution in [0.1, 0.15) is 17.2 Å². The van der Waals surface area contributed by atoms with Crippen LogP contribution in [-0.2, 0) is 0 Å². The van der Waals surface area contributed by atoms with Crippen LogP contribution in [0.5, 0.6) is 0 Å². The van der Waals surface area contributed by atoms with Crippen LogP contribution in [0.15, 0.2) is 35.0 Å². The van der Waals surface area contributed by atoms with E-state index in [1.807, 2.05) is 22.9 Å². The molecule has 0 fully saturated rings. The van der Waals surface area contributed by atoms with Gasteiger partial charge < -0.3 is 5.73 Å². The topological polar surface area (TPSA) is 26.0 Å². The third kappa shape index (κ3) is 2.90. The molecule has 2 aromatic rings. The van der Waals surface area contributed by atoms with Gasteiger partial charge in [0.15, 0.2) is 0 Å². The van der Waals surface area contributed by atoms with E-state index in [0.717, 1.165) is 11.1 Å². The van der Waals surface area contributed by atoms with Crippen LogP contribution in [-0.4, -0.2) is 0 Å². The van der Waals surface area contributed by atoms with E-state index in [4.69, 9.17) is 28.9 Å². The zero-order chi connectivity index (χ0) is 10.8. The van der Waals surface area contributed by atoms with Gasteiger partial charge in [-0.1, -0.05) is 29.3 Å². The molecule has 86 valence electrons. The lowest BCUT2D eigenvalue weighted by Crippen LogP contribution is -2.11. The highest BCUT2D eigenvalue weighted by atomic mass is 35.5. The lowest BCUT2D eigenvalue weighted by molar-refractivity contribution is 0.877. The van der Waals surface area contributed by atoms with E-state index in [0.29, 0.717) is 10.0 Å². The quantitative estimate of drug-likeness (QED) is 0.865. The van der Waals surface area contributed by atoms with Gasteiger partial charge in [-0.3, -0.25) is 0 Å². The summed E-state index contributed by atoms with van der Waals surface area (Å²) >= 11 is 13.5. The Hall–Kier alpha value is -0.250. The van der Waals surface area contributed by atoms with Crippen LogP contribution in [0.25, 0.3) is 0 Å². The van der Waals surface area contributed by atoms with E-state index in [2.05, 4.69) is 0 Å². The fourth-order valence-electron chi connectivity index (χ4n) is 1.39. The molecule has 0 aliphatic heterocycles. The maximum atomic E-state index is 6.09. The Morgan fingerprint density at radius 3 is 2.50 bits per heavy atom. The molecule has 1 atom stereocenters. The fraction of sp³-hybridized carbons (Fsp3) is 0.0909. The Kier molecular flexibility index (Phi) is 5.09. The smallest absolute Gasteiger partial charge is 0.0574 e. The molecule has 5 heteroatoms. The van der Waals surface area contributed by atoms with E-state index in [9.17, 15) is 0 Å². The average molecular weight is 295 g/mol. The van der Waals surface area contributed by atoms with Gasteiger partial charge in [-0.25, -0.2) is 0 Å². The molecule has 0 spiro atoms. The minimum atomic E-state index is -0.180. The molecule has 0 saturated heterocycles. The molecule has 2 rings (SSSR count). The summed E-state index contributed by atoms with van der Waals surface area (Å²) in [6, 6.07) is 7.20. The first-order chi connectivity index (χ1) is 7.18. The first-order valence-corrected chi connectivity index (χ1v) is 6.11. The van der Waals surface area contributed by atoms with Gasteiger partial charge in [0.25, 0.3) is 0 Å². The van der Waals surface area contributed by atoms with Gasteiger partial charge >= 0.3 is 0 Å². The maximum Gasteiger partial charge on any atom is 0.0574 e. The second-order valence-electron chi connectivity index (χ2n) is 3.20. The van der Waals surface area contributed by atoms with E-state index >= 15 is 0 Å². The summed E-state index contributed by atoms with van der Waals surface area (Å²) in [6.45, 7) is 0. The molecule has 0 saturated carbocycles. The maximum absolute atomic E-state index is 6.09. The van der Waals surface area contributed by atoms with E-state index in [1.54, 1.807) is 23.5 Å². The van der Waals surface area contributed by atoms with Gasteiger partial charge in [-0.15, -0.1) is 12.4 Å². The molecule has 0 radical (unpaired) electrons. The monoisotopic (exact) mass is 293 g/mol. The normalized spacial score (nSPS) is 11.9. The molecule has 2 N–H and O–H groups in total. The van der Waals surface area contributed by atoms with Gasteiger partial charge in [-0.2, -0.15) is 11.3 Å². The predicted molar refractivity (Wildman–Crippen MR) is 74.1 cm³/mol. The first kappa shape index (κ1) is 13.8. The van der Waals surface area contributed by atoms with Gasteiger partial charge in [0.2, 0.25) is 0 Å². The minimum Gasteiger partial charge on any atom is -0.320 e. The zero-order valence-corrected chi connectivity index (χ0v) is 11.3. The molecule has 0 amide bonds. The van der Waals surface area contributed by atoms with Crippen molar-refractivity contribution in [3.8, 4) is 0 Å². The van der Waals surface area contributed by atoms with E-state index < -0.39 is 0 Å². The van der Waals surface area contributed by atoms with Crippen molar-refractivity contribution < 1.29 is 0 Å². The van der Waals surface area contributed by atoms with Crippen LogP contribution < -0.4 is 5.73 Å². The Bertz CT molecular complexity index is 456. The largest absolute Gasteiger partial charge is 0.320 e. The van der Waals surface area contributed by atoms with Crippen molar-refractivity contribution in [3.05, 3.63) is 56.2 Å². The number of hydrogen-bond donors (Lipinski definition) is 1.